The number of para-hydroxylation sites is 1. The quantitative estimate of drug-likeness (QED) is 0.484. The van der Waals surface area contributed by atoms with Gasteiger partial charge >= 0.3 is 0 Å². The molecule has 0 atom stereocenters. The van der Waals surface area contributed by atoms with Crippen LogP contribution in [0.2, 0.25) is 0 Å². The first-order valence-corrected chi connectivity index (χ1v) is 7.79. The van der Waals surface area contributed by atoms with Crippen LogP contribution in [0.4, 0.5) is 0 Å². The zero-order chi connectivity index (χ0) is 16.3. The standard InChI is InChI=1S/C20H14N2O2/c1-24-12-7-8-13-11(10-12)6-9-16-17(13)18-19(21-16)14-4-2-3-5-15(14)22-20(18)23/h2-10,21H,1H3,(H,22,23). The zero-order valence-electron chi connectivity index (χ0n) is 13.0. The highest BCUT2D eigenvalue weighted by Crippen LogP contribution is 2.34. The molecule has 3 aromatic carbocycles. The van der Waals surface area contributed by atoms with Crippen molar-refractivity contribution in [3.63, 3.8) is 0 Å². The van der Waals surface area contributed by atoms with E-state index in [1.54, 1.807) is 7.11 Å². The number of nitrogens with one attached hydrogen (secondary N) is 2. The van der Waals surface area contributed by atoms with Crippen molar-refractivity contribution in [2.75, 3.05) is 7.11 Å². The van der Waals surface area contributed by atoms with E-state index in [9.17, 15) is 4.79 Å². The molecule has 0 aliphatic rings. The molecule has 0 fully saturated rings. The monoisotopic (exact) mass is 314 g/mol. The van der Waals surface area contributed by atoms with Crippen LogP contribution in [-0.4, -0.2) is 17.1 Å². The van der Waals surface area contributed by atoms with E-state index in [0.717, 1.165) is 43.8 Å². The van der Waals surface area contributed by atoms with Crippen LogP contribution in [0, 0.1) is 0 Å². The maximum Gasteiger partial charge on any atom is 0.258 e. The Bertz CT molecular complexity index is 1310. The molecule has 4 nitrogen and oxygen atoms in total. The van der Waals surface area contributed by atoms with Crippen LogP contribution < -0.4 is 10.3 Å². The number of ether oxygens (including phenoxy) is 1. The normalized spacial score (nSPS) is 11.7. The van der Waals surface area contributed by atoms with Gasteiger partial charge in [0.2, 0.25) is 0 Å². The fourth-order valence-electron chi connectivity index (χ4n) is 3.55. The minimum atomic E-state index is -0.0710. The van der Waals surface area contributed by atoms with Crippen LogP contribution in [0.15, 0.2) is 59.4 Å². The van der Waals surface area contributed by atoms with E-state index in [-0.39, 0.29) is 5.56 Å². The Hall–Kier alpha value is -3.27. The molecule has 0 saturated heterocycles. The summed E-state index contributed by atoms with van der Waals surface area (Å²) in [6, 6.07) is 17.8. The van der Waals surface area contributed by atoms with Gasteiger partial charge in [-0.2, -0.15) is 0 Å². The summed E-state index contributed by atoms with van der Waals surface area (Å²) in [4.78, 5) is 19.2. The molecule has 116 valence electrons. The van der Waals surface area contributed by atoms with Gasteiger partial charge in [0.1, 0.15) is 5.75 Å². The van der Waals surface area contributed by atoms with Crippen LogP contribution in [-0.2, 0) is 0 Å². The first-order chi connectivity index (χ1) is 11.8. The Kier molecular flexibility index (Phi) is 2.54. The van der Waals surface area contributed by atoms with Gasteiger partial charge in [0.25, 0.3) is 5.56 Å². The minimum Gasteiger partial charge on any atom is -0.497 e. The van der Waals surface area contributed by atoms with E-state index in [1.807, 2.05) is 54.6 Å². The van der Waals surface area contributed by atoms with Gasteiger partial charge in [-0.25, -0.2) is 0 Å². The Labute approximate surface area is 136 Å². The van der Waals surface area contributed by atoms with Gasteiger partial charge in [-0.1, -0.05) is 24.3 Å². The van der Waals surface area contributed by atoms with Crippen LogP contribution >= 0.6 is 0 Å². The Morgan fingerprint density at radius 1 is 0.833 bits per heavy atom. The van der Waals surface area contributed by atoms with Gasteiger partial charge in [-0.3, -0.25) is 4.79 Å². The average Bonchev–Trinajstić information content (AvgIpc) is 3.02. The van der Waals surface area contributed by atoms with Crippen molar-refractivity contribution in [3.05, 3.63) is 65.0 Å². The number of hydrogen-bond acceptors (Lipinski definition) is 2. The lowest BCUT2D eigenvalue weighted by Gasteiger charge is -2.04. The van der Waals surface area contributed by atoms with E-state index >= 15 is 0 Å². The van der Waals surface area contributed by atoms with Gasteiger partial charge < -0.3 is 14.7 Å². The molecule has 0 unspecified atom stereocenters. The fourth-order valence-corrected chi connectivity index (χ4v) is 3.55. The summed E-state index contributed by atoms with van der Waals surface area (Å²) in [5, 5.41) is 4.78. The maximum atomic E-state index is 12.7. The summed E-state index contributed by atoms with van der Waals surface area (Å²) in [6.45, 7) is 0. The Morgan fingerprint density at radius 3 is 2.58 bits per heavy atom. The van der Waals surface area contributed by atoms with Crippen LogP contribution in [0.25, 0.3) is 43.5 Å². The van der Waals surface area contributed by atoms with E-state index in [1.165, 1.54) is 0 Å². The van der Waals surface area contributed by atoms with Crippen molar-refractivity contribution in [3.8, 4) is 5.75 Å². The number of hydrogen-bond donors (Lipinski definition) is 2. The predicted molar refractivity (Wildman–Crippen MR) is 98.0 cm³/mol. The molecule has 0 aliphatic heterocycles. The number of fused-ring (bicyclic) bond motifs is 7. The van der Waals surface area contributed by atoms with Crippen molar-refractivity contribution in [2.45, 2.75) is 0 Å². The molecule has 2 heterocycles. The van der Waals surface area contributed by atoms with Gasteiger partial charge in [0.05, 0.1) is 23.5 Å². The third-order valence-corrected chi connectivity index (χ3v) is 4.66. The number of pyridine rings is 1. The van der Waals surface area contributed by atoms with Crippen molar-refractivity contribution in [1.29, 1.82) is 0 Å². The van der Waals surface area contributed by atoms with Crippen molar-refractivity contribution in [2.24, 2.45) is 0 Å². The molecule has 0 spiro atoms. The number of methoxy groups -OCH3 is 1. The lowest BCUT2D eigenvalue weighted by atomic mass is 10.0. The summed E-state index contributed by atoms with van der Waals surface area (Å²) in [5.74, 6) is 0.807. The SMILES string of the molecule is COc1ccc2c(ccc3[nH]c4c5ccccc5[nH]c(=O)c4c32)c1. The molecule has 0 saturated carbocycles. The van der Waals surface area contributed by atoms with E-state index in [4.69, 9.17) is 4.74 Å². The summed E-state index contributed by atoms with van der Waals surface area (Å²) in [5.41, 5.74) is 2.61. The Balaban J connectivity index is 2.06. The molecule has 2 N–H and O–H groups in total. The lowest BCUT2D eigenvalue weighted by molar-refractivity contribution is 0.415. The van der Waals surface area contributed by atoms with Crippen LogP contribution in [0.3, 0.4) is 0 Å². The average molecular weight is 314 g/mol. The Morgan fingerprint density at radius 2 is 1.71 bits per heavy atom. The predicted octanol–water partition coefficient (Wildman–Crippen LogP) is 4.32. The molecule has 5 rings (SSSR count). The number of H-pyrrole nitrogens is 2. The molecule has 5 aromatic rings. The minimum absolute atomic E-state index is 0.0710. The third-order valence-electron chi connectivity index (χ3n) is 4.66. The zero-order valence-corrected chi connectivity index (χ0v) is 13.0. The topological polar surface area (TPSA) is 57.9 Å². The molecule has 24 heavy (non-hydrogen) atoms. The first kappa shape index (κ1) is 13.2. The smallest absolute Gasteiger partial charge is 0.258 e. The molecule has 2 aromatic heterocycles. The van der Waals surface area contributed by atoms with E-state index in [2.05, 4.69) is 9.97 Å². The maximum absolute atomic E-state index is 12.7. The molecule has 0 amide bonds. The second-order valence-corrected chi connectivity index (χ2v) is 5.95. The molecule has 0 aliphatic carbocycles. The second-order valence-electron chi connectivity index (χ2n) is 5.95. The van der Waals surface area contributed by atoms with E-state index in [0.29, 0.717) is 5.39 Å². The largest absolute Gasteiger partial charge is 0.497 e. The number of aromatic amines is 2. The summed E-state index contributed by atoms with van der Waals surface area (Å²) < 4.78 is 5.31. The summed E-state index contributed by atoms with van der Waals surface area (Å²) in [6.07, 6.45) is 0. The lowest BCUT2D eigenvalue weighted by Crippen LogP contribution is -2.05. The number of aromatic nitrogens is 2. The molecular formula is C20H14N2O2. The highest BCUT2D eigenvalue weighted by molar-refractivity contribution is 6.23. The van der Waals surface area contributed by atoms with Gasteiger partial charge in [0, 0.05) is 16.3 Å². The van der Waals surface area contributed by atoms with Crippen molar-refractivity contribution < 1.29 is 4.74 Å². The summed E-state index contributed by atoms with van der Waals surface area (Å²) in [7, 11) is 1.65. The molecule has 4 heteroatoms. The molecule has 0 bridgehead atoms. The van der Waals surface area contributed by atoms with Crippen molar-refractivity contribution >= 4 is 43.5 Å². The van der Waals surface area contributed by atoms with Crippen LogP contribution in [0.1, 0.15) is 0 Å². The second kappa shape index (κ2) is 4.61. The number of rotatable bonds is 1. The summed E-state index contributed by atoms with van der Waals surface area (Å²) >= 11 is 0. The van der Waals surface area contributed by atoms with Crippen LogP contribution in [0.5, 0.6) is 5.75 Å². The van der Waals surface area contributed by atoms with Gasteiger partial charge in [-0.05, 0) is 41.1 Å². The van der Waals surface area contributed by atoms with Gasteiger partial charge in [-0.15, -0.1) is 0 Å². The fraction of sp³-hybridized carbons (Fsp3) is 0.0500. The molecular weight excluding hydrogens is 300 g/mol. The van der Waals surface area contributed by atoms with Gasteiger partial charge in [0.15, 0.2) is 0 Å². The third kappa shape index (κ3) is 1.65. The van der Waals surface area contributed by atoms with Crippen molar-refractivity contribution in [1.82, 2.24) is 9.97 Å². The van der Waals surface area contributed by atoms with E-state index < -0.39 is 0 Å². The number of benzene rings is 3. The first-order valence-electron chi connectivity index (χ1n) is 7.79. The highest BCUT2D eigenvalue weighted by Gasteiger charge is 2.14. The molecule has 0 radical (unpaired) electrons. The highest BCUT2D eigenvalue weighted by atomic mass is 16.5.